The van der Waals surface area contributed by atoms with Crippen LogP contribution in [0.15, 0.2) is 115 Å². The van der Waals surface area contributed by atoms with Crippen LogP contribution >= 0.6 is 0 Å². The molecule has 0 saturated heterocycles. The summed E-state index contributed by atoms with van der Waals surface area (Å²) in [5, 5.41) is 12.3. The van der Waals surface area contributed by atoms with Crippen molar-refractivity contribution in [1.82, 2.24) is 14.5 Å². The fourth-order valence-electron chi connectivity index (χ4n) is 6.79. The van der Waals surface area contributed by atoms with Gasteiger partial charge in [-0.15, -0.1) is 29.3 Å². The predicted molar refractivity (Wildman–Crippen MR) is 223 cm³/mol. The number of imidazole rings is 1. The molecule has 0 spiro atoms. The number of fused-ring (bicyclic) bond motifs is 1. The number of hydrogen-bond donors (Lipinski definition) is 1. The van der Waals surface area contributed by atoms with Crippen LogP contribution in [-0.4, -0.2) is 19.6 Å². The molecule has 1 N–H and O–H groups in total. The smallest absolute Gasteiger partial charge is 0.262 e. The Hall–Kier alpha value is -5.30. The van der Waals surface area contributed by atoms with Crippen molar-refractivity contribution in [2.75, 3.05) is 0 Å². The minimum Gasteiger partial charge on any atom is -0.507 e. The van der Waals surface area contributed by atoms with Gasteiger partial charge in [-0.05, 0) is 57.7 Å². The van der Waals surface area contributed by atoms with Gasteiger partial charge in [-0.25, -0.2) is 4.98 Å². The molecule has 5 nitrogen and oxygen atoms in total. The molecular weight excluding hydrogens is 856 g/mol. The summed E-state index contributed by atoms with van der Waals surface area (Å²) < 4.78 is 79.3. The number of phenols is 1. The Balaban J connectivity index is 0.00000680. The van der Waals surface area contributed by atoms with Crippen molar-refractivity contribution in [3.63, 3.8) is 0 Å². The van der Waals surface area contributed by atoms with E-state index in [0.29, 0.717) is 28.0 Å². The first-order valence-electron chi connectivity index (χ1n) is 22.3. The standard InChI is InChI=1S/C49H47N4O.Pt/c1-47(2,3)34-27-32(26-33(28-34)40-22-17-25-43(50-10)51-40)37-21-16-24-42-44(37)52-46(38-29-35(48(4,5)6)30-39(45(38)54)49(7,8)9)53(42)41-23-15-14-20-36(41)31-18-12-11-13-19-31;/h11-25,27-30,54H,1-9H3;/q-1;/i1D3,2D3,3D3;. The van der Waals surface area contributed by atoms with E-state index in [1.54, 1.807) is 24.3 Å². The molecule has 2 heterocycles. The summed E-state index contributed by atoms with van der Waals surface area (Å²) in [6.45, 7) is 9.31. The van der Waals surface area contributed by atoms with E-state index < -0.39 is 36.9 Å². The van der Waals surface area contributed by atoms with Gasteiger partial charge in [-0.3, -0.25) is 4.57 Å². The van der Waals surface area contributed by atoms with E-state index in [-0.39, 0.29) is 54.9 Å². The molecule has 7 aromatic rings. The molecule has 0 radical (unpaired) electrons. The van der Waals surface area contributed by atoms with Crippen LogP contribution in [0.5, 0.6) is 5.75 Å². The number of phenolic OH excluding ortho intramolecular Hbond substituents is 1. The van der Waals surface area contributed by atoms with Crippen molar-refractivity contribution < 1.29 is 38.5 Å². The zero-order valence-electron chi connectivity index (χ0n) is 40.5. The van der Waals surface area contributed by atoms with Crippen molar-refractivity contribution in [3.8, 4) is 56.3 Å². The molecule has 0 aliphatic rings. The Labute approximate surface area is 352 Å². The van der Waals surface area contributed by atoms with Gasteiger partial charge in [-0.2, -0.15) is 4.98 Å². The van der Waals surface area contributed by atoms with Crippen LogP contribution in [0.1, 0.15) is 91.1 Å². The number of pyridine rings is 1. The first-order valence-corrected chi connectivity index (χ1v) is 17.8. The molecule has 0 atom stereocenters. The SMILES string of the molecule is [2H]C([2H])([2H])C(c1cc(-c2cccc([N+]#[C-])n2)[c-]c(-c2cccc3c2nc(-c2cc(C(C)(C)C)cc(C(C)(C)C)c2O)n3-c2ccccc2-c2ccccc2)c1)(C([2H])([2H])[2H])C([2H])([2H])[2H].[Pt]. The van der Waals surface area contributed by atoms with Gasteiger partial charge in [-0.1, -0.05) is 153 Å². The maximum absolute atomic E-state index is 12.3. The Morgan fingerprint density at radius 2 is 1.33 bits per heavy atom. The van der Waals surface area contributed by atoms with Crippen LogP contribution in [0, 0.1) is 12.6 Å². The van der Waals surface area contributed by atoms with E-state index in [4.69, 9.17) is 23.9 Å². The number of nitrogens with zero attached hydrogens (tertiary/aromatic N) is 4. The fourth-order valence-corrected chi connectivity index (χ4v) is 6.79. The summed E-state index contributed by atoms with van der Waals surface area (Å²) in [5.41, 5.74) is 1.67. The Morgan fingerprint density at radius 3 is 2.02 bits per heavy atom. The average Bonchev–Trinajstić information content (AvgIpc) is 3.58. The second-order valence-corrected chi connectivity index (χ2v) is 15.7. The average molecular weight is 912 g/mol. The van der Waals surface area contributed by atoms with E-state index in [0.717, 1.165) is 27.9 Å². The monoisotopic (exact) mass is 911 g/mol. The van der Waals surface area contributed by atoms with Crippen molar-refractivity contribution in [1.29, 1.82) is 0 Å². The van der Waals surface area contributed by atoms with E-state index in [9.17, 15) is 5.11 Å². The second-order valence-electron chi connectivity index (χ2n) is 15.7. The number of rotatable bonds is 5. The van der Waals surface area contributed by atoms with Crippen LogP contribution in [0.3, 0.4) is 0 Å². The van der Waals surface area contributed by atoms with Crippen LogP contribution < -0.4 is 0 Å². The quantitative estimate of drug-likeness (QED) is 0.175. The molecule has 0 bridgehead atoms. The maximum Gasteiger partial charge on any atom is 0.262 e. The van der Waals surface area contributed by atoms with Gasteiger partial charge in [0.2, 0.25) is 0 Å². The summed E-state index contributed by atoms with van der Waals surface area (Å²) in [7, 11) is 0. The fraction of sp³-hybridized carbons (Fsp3) is 0.245. The van der Waals surface area contributed by atoms with Crippen LogP contribution in [0.25, 0.3) is 66.5 Å². The number of para-hydroxylation sites is 2. The van der Waals surface area contributed by atoms with Gasteiger partial charge < -0.3 is 9.95 Å². The zero-order valence-corrected chi connectivity index (χ0v) is 33.8. The largest absolute Gasteiger partial charge is 0.507 e. The first kappa shape index (κ1) is 29.0. The second kappa shape index (κ2) is 14.7. The third-order valence-electron chi connectivity index (χ3n) is 9.66. The summed E-state index contributed by atoms with van der Waals surface area (Å²) in [6.07, 6.45) is 0. The van der Waals surface area contributed by atoms with Crippen molar-refractivity contribution in [2.24, 2.45) is 0 Å². The van der Waals surface area contributed by atoms with Gasteiger partial charge in [0.05, 0.1) is 28.0 Å². The van der Waals surface area contributed by atoms with Crippen molar-refractivity contribution in [2.45, 2.75) is 78.3 Å². The molecule has 0 amide bonds. The van der Waals surface area contributed by atoms with Crippen LogP contribution in [0.4, 0.5) is 5.82 Å². The number of benzene rings is 5. The van der Waals surface area contributed by atoms with Crippen molar-refractivity contribution >= 4 is 16.9 Å². The molecular formula is C49H47N4OPt-. The maximum atomic E-state index is 12.3. The summed E-state index contributed by atoms with van der Waals surface area (Å²) in [6, 6.07) is 37.4. The minimum atomic E-state index is -3.56. The van der Waals surface area contributed by atoms with E-state index in [1.165, 1.54) is 18.2 Å². The van der Waals surface area contributed by atoms with E-state index in [1.807, 2.05) is 98.1 Å². The zero-order chi connectivity index (χ0) is 46.1. The van der Waals surface area contributed by atoms with Crippen molar-refractivity contribution in [3.05, 3.63) is 149 Å². The third kappa shape index (κ3) is 7.67. The summed E-state index contributed by atoms with van der Waals surface area (Å²) in [4.78, 5) is 13.2. The molecule has 280 valence electrons. The summed E-state index contributed by atoms with van der Waals surface area (Å²) >= 11 is 0. The molecule has 2 aromatic heterocycles. The molecule has 0 aliphatic carbocycles. The van der Waals surface area contributed by atoms with E-state index >= 15 is 0 Å². The minimum absolute atomic E-state index is 0. The topological polar surface area (TPSA) is 55.3 Å². The molecule has 0 fully saturated rings. The predicted octanol–water partition coefficient (Wildman–Crippen LogP) is 13.0. The van der Waals surface area contributed by atoms with Gasteiger partial charge >= 0.3 is 0 Å². The number of aromatic nitrogens is 3. The summed E-state index contributed by atoms with van der Waals surface area (Å²) in [5.74, 6) is 0.445. The Bertz CT molecular complexity index is 2880. The molecule has 0 saturated carbocycles. The van der Waals surface area contributed by atoms with Crippen LogP contribution in [-0.2, 0) is 37.3 Å². The van der Waals surface area contributed by atoms with Gasteiger partial charge in [0, 0.05) is 44.5 Å². The first-order chi connectivity index (χ1) is 29.3. The molecule has 5 aromatic carbocycles. The van der Waals surface area contributed by atoms with Gasteiger partial charge in [0.25, 0.3) is 5.82 Å². The molecule has 0 aliphatic heterocycles. The normalized spacial score (nSPS) is 15.1. The molecule has 7 rings (SSSR count). The number of aromatic hydroxyl groups is 1. The molecule has 0 unspecified atom stereocenters. The molecule has 55 heavy (non-hydrogen) atoms. The van der Waals surface area contributed by atoms with E-state index in [2.05, 4.69) is 36.7 Å². The molecule has 6 heteroatoms. The van der Waals surface area contributed by atoms with Crippen LogP contribution in [0.2, 0.25) is 0 Å². The number of hydrogen-bond acceptors (Lipinski definition) is 3. The third-order valence-corrected chi connectivity index (χ3v) is 9.66. The Kier molecular flexibility index (Phi) is 7.78. The Morgan fingerprint density at radius 1 is 0.673 bits per heavy atom. The van der Waals surface area contributed by atoms with Gasteiger partial charge in [0.1, 0.15) is 11.6 Å². The van der Waals surface area contributed by atoms with Gasteiger partial charge in [0.15, 0.2) is 0 Å².